The molecule has 1 amide bonds. The van der Waals surface area contributed by atoms with E-state index in [1.807, 2.05) is 24.3 Å². The van der Waals surface area contributed by atoms with Crippen molar-refractivity contribution >= 4 is 11.6 Å². The van der Waals surface area contributed by atoms with Crippen molar-refractivity contribution in [2.45, 2.75) is 27.2 Å². The molecular weight excluding hydrogens is 319 g/mol. The van der Waals surface area contributed by atoms with Gasteiger partial charge in [0.15, 0.2) is 5.69 Å². The van der Waals surface area contributed by atoms with Crippen LogP contribution in [-0.4, -0.2) is 20.9 Å². The van der Waals surface area contributed by atoms with E-state index in [-0.39, 0.29) is 17.4 Å². The third kappa shape index (κ3) is 3.42. The maximum absolute atomic E-state index is 13.8. The lowest BCUT2D eigenvalue weighted by molar-refractivity contribution is 0.102. The van der Waals surface area contributed by atoms with Crippen LogP contribution in [0.1, 0.15) is 34.2 Å². The normalized spacial score (nSPS) is 10.7. The fraction of sp³-hybridized carbons (Fsp3) is 0.211. The minimum absolute atomic E-state index is 0.209. The lowest BCUT2D eigenvalue weighted by atomic mass is 10.1. The Morgan fingerprint density at radius 1 is 1.16 bits per heavy atom. The molecule has 0 aliphatic carbocycles. The predicted octanol–water partition coefficient (Wildman–Crippen LogP) is 3.84. The van der Waals surface area contributed by atoms with Gasteiger partial charge in [0, 0.05) is 5.69 Å². The molecule has 25 heavy (non-hydrogen) atoms. The van der Waals surface area contributed by atoms with Crippen LogP contribution in [0.25, 0.3) is 5.69 Å². The maximum Gasteiger partial charge on any atom is 0.278 e. The van der Waals surface area contributed by atoms with Crippen molar-refractivity contribution in [2.24, 2.45) is 0 Å². The van der Waals surface area contributed by atoms with Gasteiger partial charge in [-0.3, -0.25) is 4.79 Å². The number of carbonyl (C=O) groups is 1. The second-order valence-electron chi connectivity index (χ2n) is 5.87. The number of hydrogen-bond acceptors (Lipinski definition) is 3. The van der Waals surface area contributed by atoms with Gasteiger partial charge in [-0.2, -0.15) is 0 Å². The number of nitrogens with zero attached hydrogens (tertiary/aromatic N) is 3. The third-order valence-corrected chi connectivity index (χ3v) is 4.13. The minimum Gasteiger partial charge on any atom is -0.321 e. The van der Waals surface area contributed by atoms with Crippen LogP contribution in [0.4, 0.5) is 10.1 Å². The Bertz CT molecular complexity index is 916. The summed E-state index contributed by atoms with van der Waals surface area (Å²) in [5, 5.41) is 10.7. The van der Waals surface area contributed by atoms with E-state index in [9.17, 15) is 9.18 Å². The number of halogens is 1. The van der Waals surface area contributed by atoms with Gasteiger partial charge < -0.3 is 5.32 Å². The molecule has 0 aliphatic heterocycles. The first kappa shape index (κ1) is 16.8. The molecule has 0 aliphatic rings. The quantitative estimate of drug-likeness (QED) is 0.786. The summed E-state index contributed by atoms with van der Waals surface area (Å²) in [6, 6.07) is 12.4. The second kappa shape index (κ2) is 6.84. The molecule has 1 heterocycles. The smallest absolute Gasteiger partial charge is 0.278 e. The standard InChI is InChI=1S/C19H19FN4O/c1-4-14-6-8-15(9-7-14)21-19(25)18-13(3)24(23-22-18)16-10-5-12(2)17(20)11-16/h5-11H,4H2,1-3H3,(H,21,25). The SMILES string of the molecule is CCc1ccc(NC(=O)c2nnn(-c3ccc(C)c(F)c3)c2C)cc1. The van der Waals surface area contributed by atoms with Crippen LogP contribution in [-0.2, 0) is 6.42 Å². The first-order chi connectivity index (χ1) is 12.0. The monoisotopic (exact) mass is 338 g/mol. The fourth-order valence-electron chi connectivity index (χ4n) is 2.51. The van der Waals surface area contributed by atoms with Crippen molar-refractivity contribution in [1.82, 2.24) is 15.0 Å². The van der Waals surface area contributed by atoms with Crippen molar-refractivity contribution in [2.75, 3.05) is 5.32 Å². The van der Waals surface area contributed by atoms with E-state index in [0.717, 1.165) is 6.42 Å². The zero-order chi connectivity index (χ0) is 18.0. The summed E-state index contributed by atoms with van der Waals surface area (Å²) < 4.78 is 15.2. The average molecular weight is 338 g/mol. The summed E-state index contributed by atoms with van der Waals surface area (Å²) in [5.41, 5.74) is 3.72. The largest absolute Gasteiger partial charge is 0.321 e. The van der Waals surface area contributed by atoms with Crippen molar-refractivity contribution in [1.29, 1.82) is 0 Å². The number of nitrogens with one attached hydrogen (secondary N) is 1. The Morgan fingerprint density at radius 3 is 2.52 bits per heavy atom. The summed E-state index contributed by atoms with van der Waals surface area (Å²) in [4.78, 5) is 12.5. The molecule has 1 aromatic heterocycles. The Hall–Kier alpha value is -3.02. The molecule has 0 fully saturated rings. The molecule has 0 atom stereocenters. The van der Waals surface area contributed by atoms with Crippen LogP contribution in [0.15, 0.2) is 42.5 Å². The van der Waals surface area contributed by atoms with Gasteiger partial charge in [0.1, 0.15) is 5.82 Å². The Morgan fingerprint density at radius 2 is 1.88 bits per heavy atom. The molecule has 0 bridgehead atoms. The molecule has 0 saturated carbocycles. The van der Waals surface area contributed by atoms with Gasteiger partial charge in [-0.15, -0.1) is 5.10 Å². The molecule has 3 rings (SSSR count). The van der Waals surface area contributed by atoms with E-state index in [4.69, 9.17) is 0 Å². The van der Waals surface area contributed by atoms with Crippen LogP contribution >= 0.6 is 0 Å². The topological polar surface area (TPSA) is 59.8 Å². The van der Waals surface area contributed by atoms with Crippen molar-refractivity contribution in [3.8, 4) is 5.69 Å². The lowest BCUT2D eigenvalue weighted by Gasteiger charge is -2.06. The van der Waals surface area contributed by atoms with Crippen LogP contribution in [0.3, 0.4) is 0 Å². The number of aromatic nitrogens is 3. The molecule has 6 heteroatoms. The Labute approximate surface area is 145 Å². The summed E-state index contributed by atoms with van der Waals surface area (Å²) in [7, 11) is 0. The molecular formula is C19H19FN4O. The number of aryl methyl sites for hydroxylation is 2. The molecule has 2 aromatic carbocycles. The van der Waals surface area contributed by atoms with E-state index < -0.39 is 0 Å². The number of amides is 1. The van der Waals surface area contributed by atoms with Gasteiger partial charge in [-0.25, -0.2) is 9.07 Å². The molecule has 0 unspecified atom stereocenters. The highest BCUT2D eigenvalue weighted by Gasteiger charge is 2.18. The highest BCUT2D eigenvalue weighted by Crippen LogP contribution is 2.17. The van der Waals surface area contributed by atoms with Crippen LogP contribution in [0, 0.1) is 19.7 Å². The Balaban J connectivity index is 1.84. The van der Waals surface area contributed by atoms with Crippen LogP contribution < -0.4 is 5.32 Å². The number of hydrogen-bond donors (Lipinski definition) is 1. The summed E-state index contributed by atoms with van der Waals surface area (Å²) >= 11 is 0. The van der Waals surface area contributed by atoms with E-state index in [1.54, 1.807) is 26.0 Å². The second-order valence-corrected chi connectivity index (χ2v) is 5.87. The van der Waals surface area contributed by atoms with Crippen LogP contribution in [0.5, 0.6) is 0 Å². The van der Waals surface area contributed by atoms with E-state index in [0.29, 0.717) is 22.6 Å². The van der Waals surface area contributed by atoms with Crippen molar-refractivity contribution < 1.29 is 9.18 Å². The molecule has 3 aromatic rings. The summed E-state index contributed by atoms with van der Waals surface area (Å²) in [6.45, 7) is 5.49. The Kier molecular flexibility index (Phi) is 4.61. The number of anilines is 1. The first-order valence-electron chi connectivity index (χ1n) is 8.08. The summed E-state index contributed by atoms with van der Waals surface area (Å²) in [5.74, 6) is -0.671. The van der Waals surface area contributed by atoms with E-state index >= 15 is 0 Å². The highest BCUT2D eigenvalue weighted by atomic mass is 19.1. The molecule has 0 radical (unpaired) electrons. The van der Waals surface area contributed by atoms with E-state index in [1.165, 1.54) is 16.3 Å². The van der Waals surface area contributed by atoms with Gasteiger partial charge in [0.25, 0.3) is 5.91 Å². The molecule has 0 spiro atoms. The van der Waals surface area contributed by atoms with Crippen molar-refractivity contribution in [3.63, 3.8) is 0 Å². The van der Waals surface area contributed by atoms with Gasteiger partial charge in [-0.1, -0.05) is 30.3 Å². The number of rotatable bonds is 4. The lowest BCUT2D eigenvalue weighted by Crippen LogP contribution is -2.14. The van der Waals surface area contributed by atoms with Gasteiger partial charge in [-0.05, 0) is 55.7 Å². The van der Waals surface area contributed by atoms with Crippen molar-refractivity contribution in [3.05, 3.63) is 70.8 Å². The number of benzene rings is 2. The maximum atomic E-state index is 13.8. The molecule has 0 saturated heterocycles. The molecule has 128 valence electrons. The summed E-state index contributed by atoms with van der Waals surface area (Å²) in [6.07, 6.45) is 0.939. The highest BCUT2D eigenvalue weighted by molar-refractivity contribution is 6.03. The first-order valence-corrected chi connectivity index (χ1v) is 8.08. The molecule has 1 N–H and O–H groups in total. The number of carbonyl (C=O) groups excluding carboxylic acids is 1. The van der Waals surface area contributed by atoms with Crippen LogP contribution in [0.2, 0.25) is 0 Å². The predicted molar refractivity (Wildman–Crippen MR) is 94.6 cm³/mol. The average Bonchev–Trinajstić information content (AvgIpc) is 2.99. The fourth-order valence-corrected chi connectivity index (χ4v) is 2.51. The van der Waals surface area contributed by atoms with Gasteiger partial charge in [0.2, 0.25) is 0 Å². The minimum atomic E-state index is -0.347. The van der Waals surface area contributed by atoms with Gasteiger partial charge >= 0.3 is 0 Å². The van der Waals surface area contributed by atoms with Gasteiger partial charge in [0.05, 0.1) is 11.4 Å². The zero-order valence-electron chi connectivity index (χ0n) is 14.4. The van der Waals surface area contributed by atoms with E-state index in [2.05, 4.69) is 22.6 Å². The third-order valence-electron chi connectivity index (χ3n) is 4.13. The zero-order valence-corrected chi connectivity index (χ0v) is 14.4. The molecule has 5 nitrogen and oxygen atoms in total.